The van der Waals surface area contributed by atoms with Gasteiger partial charge in [-0.25, -0.2) is 9.67 Å². The number of pyridine rings is 1. The van der Waals surface area contributed by atoms with E-state index in [0.717, 1.165) is 22.6 Å². The number of rotatable bonds is 5. The van der Waals surface area contributed by atoms with E-state index >= 15 is 0 Å². The quantitative estimate of drug-likeness (QED) is 0.772. The molecule has 0 saturated carbocycles. The highest BCUT2D eigenvalue weighted by Crippen LogP contribution is 2.22. The van der Waals surface area contributed by atoms with Crippen LogP contribution in [0.15, 0.2) is 48.8 Å². The lowest BCUT2D eigenvalue weighted by Gasteiger charge is -2.18. The van der Waals surface area contributed by atoms with Gasteiger partial charge in [0.25, 0.3) is 0 Å². The van der Waals surface area contributed by atoms with Crippen molar-refractivity contribution in [2.75, 3.05) is 12.3 Å². The molecule has 2 aromatic heterocycles. The third kappa shape index (κ3) is 4.56. The number of hydrogen-bond donors (Lipinski definition) is 1. The van der Waals surface area contributed by atoms with Crippen molar-refractivity contribution in [3.63, 3.8) is 0 Å². The van der Waals surface area contributed by atoms with Gasteiger partial charge in [0.15, 0.2) is 0 Å². The Hall–Kier alpha value is -2.89. The van der Waals surface area contributed by atoms with Crippen LogP contribution in [0.5, 0.6) is 5.75 Å². The van der Waals surface area contributed by atoms with Gasteiger partial charge in [-0.2, -0.15) is 0 Å². The first-order chi connectivity index (χ1) is 11.9. The molecule has 0 unspecified atom stereocenters. The lowest BCUT2D eigenvalue weighted by Crippen LogP contribution is -2.16. The van der Waals surface area contributed by atoms with Gasteiger partial charge in [0.1, 0.15) is 17.3 Å². The zero-order valence-corrected chi connectivity index (χ0v) is 14.8. The largest absolute Gasteiger partial charge is 0.493 e. The maximum atomic E-state index is 5.89. The van der Waals surface area contributed by atoms with Crippen molar-refractivity contribution in [1.29, 1.82) is 0 Å². The first kappa shape index (κ1) is 17.0. The molecule has 0 bridgehead atoms. The van der Waals surface area contributed by atoms with Crippen LogP contribution < -0.4 is 10.5 Å². The van der Waals surface area contributed by atoms with Crippen LogP contribution in [0.3, 0.4) is 0 Å². The van der Waals surface area contributed by atoms with Crippen LogP contribution in [0.25, 0.3) is 11.3 Å². The summed E-state index contributed by atoms with van der Waals surface area (Å²) in [6.07, 6.45) is 3.53. The fourth-order valence-electron chi connectivity index (χ4n) is 2.31. The van der Waals surface area contributed by atoms with Crippen molar-refractivity contribution in [3.8, 4) is 17.0 Å². The Morgan fingerprint density at radius 1 is 1.12 bits per heavy atom. The molecule has 0 amide bonds. The predicted octanol–water partition coefficient (Wildman–Crippen LogP) is 3.40. The van der Waals surface area contributed by atoms with Crippen LogP contribution in [-0.2, 0) is 6.54 Å². The summed E-state index contributed by atoms with van der Waals surface area (Å²) in [6, 6.07) is 11.8. The van der Waals surface area contributed by atoms with Crippen molar-refractivity contribution in [1.82, 2.24) is 20.0 Å². The van der Waals surface area contributed by atoms with Crippen molar-refractivity contribution >= 4 is 5.82 Å². The number of hydrogen-bond acceptors (Lipinski definition) is 5. The number of nitrogens with zero attached hydrogens (tertiary/aromatic N) is 4. The fourth-order valence-corrected chi connectivity index (χ4v) is 2.31. The number of benzene rings is 1. The Balaban J connectivity index is 1.66. The van der Waals surface area contributed by atoms with Crippen LogP contribution in [0.1, 0.15) is 26.3 Å². The molecular weight excluding hydrogens is 314 g/mol. The minimum Gasteiger partial charge on any atom is -0.493 e. The summed E-state index contributed by atoms with van der Waals surface area (Å²) in [4.78, 5) is 4.08. The average molecular weight is 337 g/mol. The lowest BCUT2D eigenvalue weighted by molar-refractivity contribution is 0.198. The summed E-state index contributed by atoms with van der Waals surface area (Å²) in [5.74, 6) is 1.33. The summed E-state index contributed by atoms with van der Waals surface area (Å²) in [5, 5.41) is 8.36. The van der Waals surface area contributed by atoms with Crippen LogP contribution >= 0.6 is 0 Å². The molecule has 0 spiro atoms. The van der Waals surface area contributed by atoms with Gasteiger partial charge in [-0.1, -0.05) is 38.1 Å². The van der Waals surface area contributed by atoms with Gasteiger partial charge < -0.3 is 10.5 Å². The van der Waals surface area contributed by atoms with E-state index in [2.05, 4.69) is 36.1 Å². The van der Waals surface area contributed by atoms with Gasteiger partial charge in [0.2, 0.25) is 0 Å². The average Bonchev–Trinajstić information content (AvgIpc) is 3.02. The van der Waals surface area contributed by atoms with Crippen LogP contribution in [0.4, 0.5) is 5.82 Å². The first-order valence-corrected chi connectivity index (χ1v) is 8.23. The summed E-state index contributed by atoms with van der Waals surface area (Å²) >= 11 is 0. The molecule has 0 saturated heterocycles. The van der Waals surface area contributed by atoms with E-state index in [0.29, 0.717) is 19.0 Å². The van der Waals surface area contributed by atoms with Crippen LogP contribution in [0, 0.1) is 5.41 Å². The molecule has 6 nitrogen and oxygen atoms in total. The maximum absolute atomic E-state index is 5.89. The van der Waals surface area contributed by atoms with Crippen LogP contribution in [-0.4, -0.2) is 26.6 Å². The predicted molar refractivity (Wildman–Crippen MR) is 98.2 cm³/mol. The Labute approximate surface area is 147 Å². The molecule has 3 aromatic rings. The number of ether oxygens (including phenoxy) is 1. The highest BCUT2D eigenvalue weighted by molar-refractivity contribution is 5.69. The monoisotopic (exact) mass is 337 g/mol. The second-order valence-electron chi connectivity index (χ2n) is 7.23. The Morgan fingerprint density at radius 3 is 2.56 bits per heavy atom. The lowest BCUT2D eigenvalue weighted by atomic mass is 9.99. The molecule has 0 radical (unpaired) electrons. The molecule has 0 aliphatic carbocycles. The highest BCUT2D eigenvalue weighted by atomic mass is 16.5. The van der Waals surface area contributed by atoms with Gasteiger partial charge in [-0.15, -0.1) is 5.10 Å². The third-order valence-electron chi connectivity index (χ3n) is 3.59. The molecule has 2 heterocycles. The van der Waals surface area contributed by atoms with E-state index in [-0.39, 0.29) is 5.41 Å². The van der Waals surface area contributed by atoms with Crippen molar-refractivity contribution in [3.05, 3.63) is 54.4 Å². The van der Waals surface area contributed by atoms with Gasteiger partial charge in [0.05, 0.1) is 19.3 Å². The molecular formula is C19H23N5O. The molecule has 1 aromatic carbocycles. The number of aromatic nitrogens is 4. The smallest absolute Gasteiger partial charge is 0.132 e. The van der Waals surface area contributed by atoms with Gasteiger partial charge in [-0.05, 0) is 35.2 Å². The molecule has 0 aliphatic rings. The van der Waals surface area contributed by atoms with Crippen LogP contribution in [0.2, 0.25) is 0 Å². The SMILES string of the molecule is CC(C)(C)COc1ccc(Cn2cc(-c3cccnc3N)nn2)cc1. The standard InChI is InChI=1S/C19H23N5O/c1-19(2,3)13-25-15-8-6-14(7-9-15)11-24-12-17(22-23-24)16-5-4-10-21-18(16)20/h4-10,12H,11,13H2,1-3H3,(H2,20,21). The zero-order chi connectivity index (χ0) is 17.9. The summed E-state index contributed by atoms with van der Waals surface area (Å²) in [6.45, 7) is 7.77. The second kappa shape index (κ2) is 6.93. The summed E-state index contributed by atoms with van der Waals surface area (Å²) in [5.41, 5.74) is 8.66. The normalized spacial score (nSPS) is 11.5. The minimum absolute atomic E-state index is 0.143. The fraction of sp³-hybridized carbons (Fsp3) is 0.316. The van der Waals surface area contributed by atoms with E-state index in [1.165, 1.54) is 0 Å². The van der Waals surface area contributed by atoms with E-state index in [1.54, 1.807) is 10.9 Å². The summed E-state index contributed by atoms with van der Waals surface area (Å²) in [7, 11) is 0. The molecule has 130 valence electrons. The van der Waals surface area contributed by atoms with Crippen molar-refractivity contribution in [2.45, 2.75) is 27.3 Å². The molecule has 6 heteroatoms. The molecule has 0 atom stereocenters. The Bertz CT molecular complexity index is 834. The summed E-state index contributed by atoms with van der Waals surface area (Å²) < 4.78 is 7.58. The van der Waals surface area contributed by atoms with E-state index in [1.807, 2.05) is 42.6 Å². The van der Waals surface area contributed by atoms with Gasteiger partial charge in [-0.3, -0.25) is 0 Å². The van der Waals surface area contributed by atoms with Gasteiger partial charge in [0, 0.05) is 11.8 Å². The van der Waals surface area contributed by atoms with Crippen molar-refractivity contribution < 1.29 is 4.74 Å². The molecule has 3 rings (SSSR count). The third-order valence-corrected chi connectivity index (χ3v) is 3.59. The maximum Gasteiger partial charge on any atom is 0.132 e. The number of anilines is 1. The topological polar surface area (TPSA) is 78.9 Å². The van der Waals surface area contributed by atoms with E-state index in [9.17, 15) is 0 Å². The Morgan fingerprint density at radius 2 is 1.88 bits per heavy atom. The first-order valence-electron chi connectivity index (χ1n) is 8.23. The minimum atomic E-state index is 0.143. The molecule has 0 fully saturated rings. The second-order valence-corrected chi connectivity index (χ2v) is 7.23. The highest BCUT2D eigenvalue weighted by Gasteiger charge is 2.11. The Kier molecular flexibility index (Phi) is 4.70. The molecule has 2 N–H and O–H groups in total. The number of nitrogen functional groups attached to an aromatic ring is 1. The molecule has 25 heavy (non-hydrogen) atoms. The zero-order valence-electron chi connectivity index (χ0n) is 14.8. The van der Waals surface area contributed by atoms with Crippen molar-refractivity contribution in [2.24, 2.45) is 5.41 Å². The van der Waals surface area contributed by atoms with E-state index in [4.69, 9.17) is 10.5 Å². The van der Waals surface area contributed by atoms with Gasteiger partial charge >= 0.3 is 0 Å². The number of nitrogens with two attached hydrogens (primary N) is 1. The molecule has 0 aliphatic heterocycles. The van der Waals surface area contributed by atoms with E-state index < -0.39 is 0 Å².